The third-order valence-electron chi connectivity index (χ3n) is 2.75. The van der Waals surface area contributed by atoms with E-state index in [-0.39, 0.29) is 18.4 Å². The quantitative estimate of drug-likeness (QED) is 0.577. The van der Waals surface area contributed by atoms with Gasteiger partial charge in [-0.3, -0.25) is 4.79 Å². The van der Waals surface area contributed by atoms with Crippen LogP contribution in [0.1, 0.15) is 26.2 Å². The Morgan fingerprint density at radius 1 is 1.62 bits per heavy atom. The van der Waals surface area contributed by atoms with Crippen molar-refractivity contribution in [3.8, 4) is 0 Å². The van der Waals surface area contributed by atoms with Crippen LogP contribution >= 0.6 is 12.2 Å². The molecule has 0 spiro atoms. The lowest BCUT2D eigenvalue weighted by Crippen LogP contribution is -2.45. The Morgan fingerprint density at radius 2 is 2.38 bits per heavy atom. The summed E-state index contributed by atoms with van der Waals surface area (Å²) in [5.74, 6) is 0.230. The number of nitrogens with two attached hydrogens (primary N) is 1. The van der Waals surface area contributed by atoms with Crippen molar-refractivity contribution >= 4 is 23.1 Å². The second-order valence-corrected chi connectivity index (χ2v) is 4.61. The van der Waals surface area contributed by atoms with Gasteiger partial charge in [-0.15, -0.1) is 0 Å². The maximum absolute atomic E-state index is 11.8. The predicted molar refractivity (Wildman–Crippen MR) is 67.2 cm³/mol. The maximum Gasteiger partial charge on any atom is 0.248 e. The van der Waals surface area contributed by atoms with Gasteiger partial charge in [0.25, 0.3) is 0 Å². The van der Waals surface area contributed by atoms with Gasteiger partial charge in [0.2, 0.25) is 5.91 Å². The molecule has 16 heavy (non-hydrogen) atoms. The van der Waals surface area contributed by atoms with Crippen LogP contribution in [-0.4, -0.2) is 42.1 Å². The summed E-state index contributed by atoms with van der Waals surface area (Å²) in [6.45, 7) is 4.29. The molecule has 1 amide bonds. The van der Waals surface area contributed by atoms with Crippen LogP contribution in [-0.2, 0) is 9.53 Å². The van der Waals surface area contributed by atoms with Crippen molar-refractivity contribution in [3.63, 3.8) is 0 Å². The molecule has 1 heterocycles. The molecule has 1 rings (SSSR count). The minimum absolute atomic E-state index is 0.0504. The van der Waals surface area contributed by atoms with Gasteiger partial charge >= 0.3 is 0 Å². The molecule has 4 nitrogen and oxygen atoms in total. The van der Waals surface area contributed by atoms with E-state index < -0.39 is 0 Å². The average Bonchev–Trinajstić information content (AvgIpc) is 2.29. The summed E-state index contributed by atoms with van der Waals surface area (Å²) in [7, 11) is 0. The summed E-state index contributed by atoms with van der Waals surface area (Å²) < 4.78 is 5.24. The summed E-state index contributed by atoms with van der Waals surface area (Å²) in [5.41, 5.74) is 5.61. The van der Waals surface area contributed by atoms with Crippen molar-refractivity contribution in [1.29, 1.82) is 0 Å². The minimum Gasteiger partial charge on any atom is -0.393 e. The van der Waals surface area contributed by atoms with E-state index in [1.807, 2.05) is 11.8 Å². The molecule has 0 aliphatic carbocycles. The first-order valence-electron chi connectivity index (χ1n) is 5.80. The summed E-state index contributed by atoms with van der Waals surface area (Å²) >= 11 is 4.97. The van der Waals surface area contributed by atoms with Crippen molar-refractivity contribution in [2.75, 3.05) is 26.3 Å². The second-order valence-electron chi connectivity index (χ2n) is 4.13. The Hall–Kier alpha value is -0.680. The molecule has 1 fully saturated rings. The zero-order valence-electron chi connectivity index (χ0n) is 9.78. The van der Waals surface area contributed by atoms with Gasteiger partial charge in [0, 0.05) is 25.6 Å². The van der Waals surface area contributed by atoms with E-state index >= 15 is 0 Å². The molecule has 2 N–H and O–H groups in total. The average molecular weight is 244 g/mol. The highest BCUT2D eigenvalue weighted by molar-refractivity contribution is 7.80. The lowest BCUT2D eigenvalue weighted by Gasteiger charge is -2.32. The number of hydrogen-bond acceptors (Lipinski definition) is 3. The van der Waals surface area contributed by atoms with Crippen LogP contribution in [0.25, 0.3) is 0 Å². The Balaban J connectivity index is 2.35. The highest BCUT2D eigenvalue weighted by Crippen LogP contribution is 2.16. The van der Waals surface area contributed by atoms with Crippen molar-refractivity contribution in [3.05, 3.63) is 0 Å². The molecule has 1 unspecified atom stereocenters. The van der Waals surface area contributed by atoms with Crippen LogP contribution < -0.4 is 5.73 Å². The van der Waals surface area contributed by atoms with E-state index in [1.54, 1.807) is 0 Å². The Labute approximate surface area is 102 Å². The number of likely N-dealkylation sites (tertiary alicyclic amines) is 1. The normalized spacial score (nSPS) is 20.8. The van der Waals surface area contributed by atoms with Gasteiger partial charge in [-0.2, -0.15) is 0 Å². The molecule has 1 saturated heterocycles. The minimum atomic E-state index is 0.0504. The summed E-state index contributed by atoms with van der Waals surface area (Å²) in [6.07, 6.45) is 2.90. The fraction of sp³-hybridized carbons (Fsp3) is 0.818. The SMILES string of the molecule is CCCOCC(=O)N1CCCC(C(N)=S)C1. The summed E-state index contributed by atoms with van der Waals surface area (Å²) in [4.78, 5) is 14.1. The lowest BCUT2D eigenvalue weighted by molar-refractivity contribution is -0.137. The summed E-state index contributed by atoms with van der Waals surface area (Å²) in [5, 5.41) is 0. The number of piperidine rings is 1. The highest BCUT2D eigenvalue weighted by atomic mass is 32.1. The van der Waals surface area contributed by atoms with Crippen molar-refractivity contribution in [1.82, 2.24) is 4.90 Å². The van der Waals surface area contributed by atoms with Gasteiger partial charge in [0.15, 0.2) is 0 Å². The van der Waals surface area contributed by atoms with Gasteiger partial charge in [-0.05, 0) is 19.3 Å². The molecule has 0 radical (unpaired) electrons. The first-order valence-corrected chi connectivity index (χ1v) is 6.20. The van der Waals surface area contributed by atoms with Crippen LogP contribution in [0.3, 0.4) is 0 Å². The van der Waals surface area contributed by atoms with E-state index in [0.717, 1.165) is 25.8 Å². The van der Waals surface area contributed by atoms with Crippen LogP contribution in [0.5, 0.6) is 0 Å². The Morgan fingerprint density at radius 3 is 3.00 bits per heavy atom. The topological polar surface area (TPSA) is 55.6 Å². The first kappa shape index (κ1) is 13.4. The van der Waals surface area contributed by atoms with Crippen LogP contribution in [0.15, 0.2) is 0 Å². The maximum atomic E-state index is 11.8. The molecule has 1 aliphatic rings. The zero-order valence-corrected chi connectivity index (χ0v) is 10.6. The van der Waals surface area contributed by atoms with Crippen molar-refractivity contribution < 1.29 is 9.53 Å². The third-order valence-corrected chi connectivity index (χ3v) is 3.08. The monoisotopic (exact) mass is 244 g/mol. The van der Waals surface area contributed by atoms with Gasteiger partial charge in [-0.1, -0.05) is 19.1 Å². The molecule has 0 aromatic carbocycles. The molecule has 0 saturated carbocycles. The number of rotatable bonds is 5. The lowest BCUT2D eigenvalue weighted by atomic mass is 9.98. The molecule has 1 aliphatic heterocycles. The number of nitrogens with zero attached hydrogens (tertiary/aromatic N) is 1. The van der Waals surface area contributed by atoms with Crippen LogP contribution in [0, 0.1) is 5.92 Å². The van der Waals surface area contributed by atoms with E-state index in [1.165, 1.54) is 0 Å². The number of carbonyl (C=O) groups excluding carboxylic acids is 1. The molecular formula is C11H20N2O2S. The van der Waals surface area contributed by atoms with E-state index in [4.69, 9.17) is 22.7 Å². The fourth-order valence-corrected chi connectivity index (χ4v) is 2.02. The van der Waals surface area contributed by atoms with E-state index in [2.05, 4.69) is 0 Å². The zero-order chi connectivity index (χ0) is 12.0. The second kappa shape index (κ2) is 6.81. The number of amides is 1. The molecule has 0 bridgehead atoms. The molecule has 0 aromatic heterocycles. The first-order chi connectivity index (χ1) is 7.65. The summed E-state index contributed by atoms with van der Waals surface area (Å²) in [6, 6.07) is 0. The highest BCUT2D eigenvalue weighted by Gasteiger charge is 2.24. The van der Waals surface area contributed by atoms with Gasteiger partial charge < -0.3 is 15.4 Å². The van der Waals surface area contributed by atoms with Gasteiger partial charge in [0.05, 0.1) is 4.99 Å². The van der Waals surface area contributed by atoms with Gasteiger partial charge in [0.1, 0.15) is 6.61 Å². The smallest absolute Gasteiger partial charge is 0.248 e. The molecule has 0 aromatic rings. The largest absolute Gasteiger partial charge is 0.393 e. The van der Waals surface area contributed by atoms with Crippen molar-refractivity contribution in [2.45, 2.75) is 26.2 Å². The molecular weight excluding hydrogens is 224 g/mol. The standard InChI is InChI=1S/C11H20N2O2S/c1-2-6-15-8-10(14)13-5-3-4-9(7-13)11(12)16/h9H,2-8H2,1H3,(H2,12,16). The number of carbonyl (C=O) groups is 1. The molecule has 5 heteroatoms. The van der Waals surface area contributed by atoms with E-state index in [0.29, 0.717) is 18.1 Å². The predicted octanol–water partition coefficient (Wildman–Crippen LogP) is 0.938. The van der Waals surface area contributed by atoms with Crippen LogP contribution in [0.4, 0.5) is 0 Å². The Bertz CT molecular complexity index is 258. The fourth-order valence-electron chi connectivity index (χ4n) is 1.83. The van der Waals surface area contributed by atoms with Crippen molar-refractivity contribution in [2.24, 2.45) is 11.7 Å². The number of ether oxygens (including phenoxy) is 1. The molecule has 92 valence electrons. The number of hydrogen-bond donors (Lipinski definition) is 1. The van der Waals surface area contributed by atoms with E-state index in [9.17, 15) is 4.79 Å². The third kappa shape index (κ3) is 4.06. The number of thiocarbonyl (C=S) groups is 1. The van der Waals surface area contributed by atoms with Gasteiger partial charge in [-0.25, -0.2) is 0 Å². The van der Waals surface area contributed by atoms with Crippen LogP contribution in [0.2, 0.25) is 0 Å². The molecule has 1 atom stereocenters. The Kier molecular flexibility index (Phi) is 5.69.